The van der Waals surface area contributed by atoms with Crippen LogP contribution in [0, 0.1) is 5.41 Å². The molecule has 0 spiro atoms. The third-order valence-electron chi connectivity index (χ3n) is 3.23. The van der Waals surface area contributed by atoms with Crippen molar-refractivity contribution >= 4 is 0 Å². The molecule has 6 heteroatoms. The highest BCUT2D eigenvalue weighted by molar-refractivity contribution is 5.42. The lowest BCUT2D eigenvalue weighted by Crippen LogP contribution is -2.25. The quantitative estimate of drug-likeness (QED) is 0.804. The van der Waals surface area contributed by atoms with E-state index in [0.717, 1.165) is 12.8 Å². The molecule has 2 heterocycles. The third-order valence-corrected chi connectivity index (χ3v) is 3.23. The second kappa shape index (κ2) is 4.13. The van der Waals surface area contributed by atoms with Gasteiger partial charge in [-0.15, -0.1) is 5.10 Å². The summed E-state index contributed by atoms with van der Waals surface area (Å²) in [6.07, 6.45) is 3.62. The van der Waals surface area contributed by atoms with Crippen molar-refractivity contribution < 1.29 is 13.6 Å². The molecule has 0 saturated heterocycles. The first-order chi connectivity index (χ1) is 8.72. The minimum atomic E-state index is -0.455. The molecule has 0 aliphatic heterocycles. The summed E-state index contributed by atoms with van der Waals surface area (Å²) in [6.45, 7) is 1.17. The number of furan rings is 1. The van der Waals surface area contributed by atoms with Crippen molar-refractivity contribution in [2.24, 2.45) is 5.41 Å². The maximum atomic E-state index is 11.7. The number of methoxy groups -OCH3 is 1. The van der Waals surface area contributed by atoms with Gasteiger partial charge in [-0.2, -0.15) is 4.68 Å². The van der Waals surface area contributed by atoms with Gasteiger partial charge in [-0.1, -0.05) is 0 Å². The first kappa shape index (κ1) is 11.3. The zero-order chi connectivity index (χ0) is 12.6. The summed E-state index contributed by atoms with van der Waals surface area (Å²) in [4.78, 5) is 11.7. The molecule has 0 radical (unpaired) electrons. The summed E-state index contributed by atoms with van der Waals surface area (Å²) >= 11 is 0. The molecular weight excluding hydrogens is 236 g/mol. The second-order valence-electron chi connectivity index (χ2n) is 4.74. The fourth-order valence-corrected chi connectivity index (χ4v) is 2.05. The average Bonchev–Trinajstić information content (AvgIpc) is 2.79. The Morgan fingerprint density at radius 2 is 2.39 bits per heavy atom. The highest BCUT2D eigenvalue weighted by Crippen LogP contribution is 2.46. The standard InChI is InChI=1S/C12H14N2O4/c1-16-8-12(4-5-12)7-14-11(15)18-10(13-14)9-3-2-6-17-9/h2-3,6H,4-5,7-8H2,1H3. The highest BCUT2D eigenvalue weighted by Gasteiger charge is 2.44. The summed E-state index contributed by atoms with van der Waals surface area (Å²) in [5.74, 6) is 0.226. The van der Waals surface area contributed by atoms with Crippen LogP contribution in [0.5, 0.6) is 0 Å². The monoisotopic (exact) mass is 250 g/mol. The molecule has 18 heavy (non-hydrogen) atoms. The van der Waals surface area contributed by atoms with Crippen LogP contribution in [0.1, 0.15) is 12.8 Å². The van der Waals surface area contributed by atoms with E-state index in [0.29, 0.717) is 18.9 Å². The van der Waals surface area contributed by atoms with E-state index in [1.54, 1.807) is 19.2 Å². The van der Waals surface area contributed by atoms with Gasteiger partial charge in [0.2, 0.25) is 0 Å². The van der Waals surface area contributed by atoms with Crippen LogP contribution in [0.4, 0.5) is 0 Å². The van der Waals surface area contributed by atoms with Crippen molar-refractivity contribution in [1.29, 1.82) is 0 Å². The molecule has 0 unspecified atom stereocenters. The molecule has 1 fully saturated rings. The van der Waals surface area contributed by atoms with E-state index in [9.17, 15) is 4.79 Å². The normalized spacial score (nSPS) is 16.9. The maximum Gasteiger partial charge on any atom is 0.437 e. The lowest BCUT2D eigenvalue weighted by atomic mass is 10.1. The first-order valence-electron chi connectivity index (χ1n) is 5.83. The summed E-state index contributed by atoms with van der Waals surface area (Å²) in [6, 6.07) is 3.43. The number of nitrogens with zero attached hydrogens (tertiary/aromatic N) is 2. The molecular formula is C12H14N2O4. The van der Waals surface area contributed by atoms with Gasteiger partial charge >= 0.3 is 5.76 Å². The fraction of sp³-hybridized carbons (Fsp3) is 0.500. The Kier molecular flexibility index (Phi) is 2.59. The second-order valence-corrected chi connectivity index (χ2v) is 4.74. The van der Waals surface area contributed by atoms with Gasteiger partial charge in [-0.25, -0.2) is 4.79 Å². The van der Waals surface area contributed by atoms with Gasteiger partial charge in [0.15, 0.2) is 5.76 Å². The molecule has 2 aromatic heterocycles. The van der Waals surface area contributed by atoms with E-state index in [1.165, 1.54) is 10.9 Å². The zero-order valence-corrected chi connectivity index (χ0v) is 10.1. The van der Waals surface area contributed by atoms with Crippen molar-refractivity contribution in [3.63, 3.8) is 0 Å². The average molecular weight is 250 g/mol. The van der Waals surface area contributed by atoms with Crippen molar-refractivity contribution in [1.82, 2.24) is 9.78 Å². The van der Waals surface area contributed by atoms with Crippen molar-refractivity contribution in [2.45, 2.75) is 19.4 Å². The Hall–Kier alpha value is -1.82. The van der Waals surface area contributed by atoms with Crippen molar-refractivity contribution in [2.75, 3.05) is 13.7 Å². The van der Waals surface area contributed by atoms with Crippen LogP contribution in [0.3, 0.4) is 0 Å². The van der Waals surface area contributed by atoms with Gasteiger partial charge in [0.05, 0.1) is 19.4 Å². The summed E-state index contributed by atoms with van der Waals surface area (Å²) in [5, 5.41) is 4.15. The molecule has 96 valence electrons. The number of ether oxygens (including phenoxy) is 1. The molecule has 1 aliphatic carbocycles. The highest BCUT2D eigenvalue weighted by atomic mass is 16.5. The zero-order valence-electron chi connectivity index (χ0n) is 10.1. The molecule has 2 aromatic rings. The molecule has 3 rings (SSSR count). The first-order valence-corrected chi connectivity index (χ1v) is 5.83. The van der Waals surface area contributed by atoms with Crippen LogP contribution in [-0.2, 0) is 11.3 Å². The lowest BCUT2D eigenvalue weighted by Gasteiger charge is -2.11. The predicted octanol–water partition coefficient (Wildman–Crippen LogP) is 1.52. The van der Waals surface area contributed by atoms with Gasteiger partial charge in [0.1, 0.15) is 0 Å². The Bertz CT molecular complexity index is 577. The molecule has 1 saturated carbocycles. The minimum Gasteiger partial charge on any atom is -0.459 e. The van der Waals surface area contributed by atoms with Gasteiger partial charge in [0, 0.05) is 12.5 Å². The van der Waals surface area contributed by atoms with Gasteiger partial charge in [-0.3, -0.25) is 0 Å². The van der Waals surface area contributed by atoms with E-state index >= 15 is 0 Å². The van der Waals surface area contributed by atoms with Crippen molar-refractivity contribution in [3.8, 4) is 11.7 Å². The molecule has 0 aromatic carbocycles. The van der Waals surface area contributed by atoms with E-state index in [4.69, 9.17) is 13.6 Å². The van der Waals surface area contributed by atoms with Crippen LogP contribution in [0.2, 0.25) is 0 Å². The Labute approximate surface area is 103 Å². The molecule has 0 bridgehead atoms. The number of rotatable bonds is 5. The minimum absolute atomic E-state index is 0.0515. The van der Waals surface area contributed by atoms with E-state index in [-0.39, 0.29) is 11.3 Å². The predicted molar refractivity (Wildman–Crippen MR) is 62.0 cm³/mol. The molecule has 0 N–H and O–H groups in total. The Morgan fingerprint density at radius 3 is 3.00 bits per heavy atom. The van der Waals surface area contributed by atoms with Crippen LogP contribution >= 0.6 is 0 Å². The largest absolute Gasteiger partial charge is 0.459 e. The molecule has 0 amide bonds. The van der Waals surface area contributed by atoms with Crippen LogP contribution in [0.25, 0.3) is 11.7 Å². The third kappa shape index (κ3) is 1.99. The fourth-order valence-electron chi connectivity index (χ4n) is 2.05. The SMILES string of the molecule is COCC1(Cn2nc(-c3ccco3)oc2=O)CC1. The summed E-state index contributed by atoms with van der Waals surface area (Å²) < 4.78 is 16.7. The Morgan fingerprint density at radius 1 is 1.56 bits per heavy atom. The molecule has 1 aliphatic rings. The van der Waals surface area contributed by atoms with E-state index in [1.807, 2.05) is 0 Å². The smallest absolute Gasteiger partial charge is 0.437 e. The van der Waals surface area contributed by atoms with Crippen LogP contribution < -0.4 is 5.76 Å². The Balaban J connectivity index is 1.84. The molecule has 0 atom stereocenters. The number of hydrogen-bond donors (Lipinski definition) is 0. The van der Waals surface area contributed by atoms with Gasteiger partial charge in [0.25, 0.3) is 5.89 Å². The summed E-state index contributed by atoms with van der Waals surface area (Å²) in [5.41, 5.74) is 0.0515. The van der Waals surface area contributed by atoms with E-state index in [2.05, 4.69) is 5.10 Å². The lowest BCUT2D eigenvalue weighted by molar-refractivity contribution is 0.127. The maximum absolute atomic E-state index is 11.7. The van der Waals surface area contributed by atoms with Crippen LogP contribution in [0.15, 0.2) is 32.0 Å². The topological polar surface area (TPSA) is 70.4 Å². The number of hydrogen-bond acceptors (Lipinski definition) is 5. The van der Waals surface area contributed by atoms with E-state index < -0.39 is 5.76 Å². The van der Waals surface area contributed by atoms with Gasteiger partial charge in [-0.05, 0) is 25.0 Å². The molecule has 6 nitrogen and oxygen atoms in total. The number of aromatic nitrogens is 2. The van der Waals surface area contributed by atoms with Crippen molar-refractivity contribution in [3.05, 3.63) is 28.9 Å². The summed E-state index contributed by atoms with van der Waals surface area (Å²) in [7, 11) is 1.67. The van der Waals surface area contributed by atoms with Crippen LogP contribution in [-0.4, -0.2) is 23.5 Å². The van der Waals surface area contributed by atoms with Gasteiger partial charge < -0.3 is 13.6 Å².